The zero-order valence-electron chi connectivity index (χ0n) is 21.8. The lowest BCUT2D eigenvalue weighted by atomic mass is 10.0. The maximum atomic E-state index is 13.8. The summed E-state index contributed by atoms with van der Waals surface area (Å²) < 4.78 is 69.6. The van der Waals surface area contributed by atoms with Gasteiger partial charge in [-0.15, -0.1) is 0 Å². The number of ether oxygens (including phenoxy) is 3. The molecule has 3 aromatic carbocycles. The van der Waals surface area contributed by atoms with E-state index >= 15 is 0 Å². The van der Waals surface area contributed by atoms with Crippen molar-refractivity contribution in [2.75, 3.05) is 18.0 Å². The lowest BCUT2D eigenvalue weighted by Gasteiger charge is -2.35. The van der Waals surface area contributed by atoms with Crippen molar-refractivity contribution in [2.45, 2.75) is 44.3 Å². The summed E-state index contributed by atoms with van der Waals surface area (Å²) in [5, 5.41) is 0. The zero-order chi connectivity index (χ0) is 28.2. The number of fused-ring (bicyclic) bond motifs is 1. The molecule has 0 N–H and O–H groups in total. The van der Waals surface area contributed by atoms with Crippen LogP contribution in [0.4, 0.5) is 14.5 Å². The fourth-order valence-corrected chi connectivity index (χ4v) is 5.93. The van der Waals surface area contributed by atoms with Gasteiger partial charge in [0.15, 0.2) is 0 Å². The summed E-state index contributed by atoms with van der Waals surface area (Å²) in [5.41, 5.74) is 4.32. The number of rotatable bonds is 9. The number of hydrogen-bond acceptors (Lipinski definition) is 6. The molecule has 0 spiro atoms. The molecule has 0 saturated heterocycles. The molecule has 0 fully saturated rings. The van der Waals surface area contributed by atoms with E-state index in [9.17, 15) is 22.0 Å². The molecule has 10 heteroatoms. The van der Waals surface area contributed by atoms with Gasteiger partial charge in [0.05, 0.1) is 24.2 Å². The zero-order valence-corrected chi connectivity index (χ0v) is 22.6. The van der Waals surface area contributed by atoms with Crippen LogP contribution in [0.2, 0.25) is 0 Å². The van der Waals surface area contributed by atoms with Crippen LogP contribution in [0, 0.1) is 13.8 Å². The van der Waals surface area contributed by atoms with E-state index in [4.69, 9.17) is 9.47 Å². The Hall–Kier alpha value is -3.92. The molecule has 1 atom stereocenters. The maximum absolute atomic E-state index is 13.8. The third kappa shape index (κ3) is 6.57. The van der Waals surface area contributed by atoms with Gasteiger partial charge in [-0.2, -0.15) is 8.78 Å². The first kappa shape index (κ1) is 28.1. The van der Waals surface area contributed by atoms with E-state index in [0.29, 0.717) is 11.4 Å². The molecule has 0 bridgehead atoms. The number of halogens is 2. The highest BCUT2D eigenvalue weighted by Gasteiger charge is 2.35. The number of carbonyl (C=O) groups is 1. The predicted molar refractivity (Wildman–Crippen MR) is 145 cm³/mol. The Morgan fingerprint density at radius 3 is 2.49 bits per heavy atom. The Morgan fingerprint density at radius 1 is 1.08 bits per heavy atom. The van der Waals surface area contributed by atoms with Gasteiger partial charge in [-0.1, -0.05) is 42.5 Å². The molecule has 7 nitrogen and oxygen atoms in total. The third-order valence-electron chi connectivity index (χ3n) is 6.42. The average Bonchev–Trinajstić information content (AvgIpc) is 2.90. The summed E-state index contributed by atoms with van der Waals surface area (Å²) >= 11 is 0. The van der Waals surface area contributed by atoms with Crippen LogP contribution in [-0.2, 0) is 19.6 Å². The summed E-state index contributed by atoms with van der Waals surface area (Å²) in [5.74, 6) is -0.390. The molecule has 0 radical (unpaired) electrons. The number of esters is 1. The number of nitrogens with zero attached hydrogens (tertiary/aromatic N) is 1. The molecular weight excluding hydrogens is 528 g/mol. The predicted octanol–water partition coefficient (Wildman–Crippen LogP) is 5.98. The second kappa shape index (κ2) is 11.9. The van der Waals surface area contributed by atoms with Crippen molar-refractivity contribution in [2.24, 2.45) is 0 Å². The lowest BCUT2D eigenvalue weighted by Crippen LogP contribution is -2.43. The van der Waals surface area contributed by atoms with Gasteiger partial charge in [-0.3, -0.25) is 9.10 Å². The monoisotopic (exact) mass is 557 g/mol. The van der Waals surface area contributed by atoms with Crippen LogP contribution in [0.25, 0.3) is 12.2 Å². The molecule has 1 aliphatic heterocycles. The quantitative estimate of drug-likeness (QED) is 0.238. The van der Waals surface area contributed by atoms with Crippen LogP contribution in [0.15, 0.2) is 65.6 Å². The molecule has 1 unspecified atom stereocenters. The van der Waals surface area contributed by atoms with Gasteiger partial charge in [0.2, 0.25) is 0 Å². The second-order valence-corrected chi connectivity index (χ2v) is 11.0. The van der Waals surface area contributed by atoms with Crippen molar-refractivity contribution in [3.8, 4) is 11.5 Å². The molecule has 0 aromatic heterocycles. The SMILES string of the molecule is COC(=O)CCC1CN(S(=O)(=O)c2cccc(OC(F)F)c2)c2cc(C=Cc3c(C)cccc3C)ccc2O1. The molecule has 206 valence electrons. The van der Waals surface area contributed by atoms with Gasteiger partial charge in [0, 0.05) is 12.5 Å². The van der Waals surface area contributed by atoms with Crippen LogP contribution in [0.1, 0.15) is 35.1 Å². The highest BCUT2D eigenvalue weighted by molar-refractivity contribution is 7.92. The minimum atomic E-state index is -4.22. The molecule has 1 heterocycles. The van der Waals surface area contributed by atoms with Gasteiger partial charge in [0.1, 0.15) is 17.6 Å². The normalized spacial score (nSPS) is 15.2. The standard InChI is InChI=1S/C29H29F2NO6S/c1-19-6-4-7-20(2)25(19)13-10-21-11-14-27-26(16-21)32(18-23(37-27)12-15-28(33)36-3)39(34,35)24-9-5-8-22(17-24)38-29(30)31/h4-11,13-14,16-17,23,29H,12,15,18H2,1-3H3. The van der Waals surface area contributed by atoms with Crippen molar-refractivity contribution in [3.05, 3.63) is 82.9 Å². The molecule has 4 rings (SSSR count). The van der Waals surface area contributed by atoms with Gasteiger partial charge in [-0.05, 0) is 66.8 Å². The maximum Gasteiger partial charge on any atom is 0.387 e. The van der Waals surface area contributed by atoms with E-state index in [1.807, 2.05) is 50.3 Å². The van der Waals surface area contributed by atoms with Gasteiger partial charge in [-0.25, -0.2) is 8.42 Å². The Labute approximate surface area is 226 Å². The van der Waals surface area contributed by atoms with Crippen molar-refractivity contribution < 1.29 is 36.2 Å². The Bertz CT molecular complexity index is 1470. The van der Waals surface area contributed by atoms with Crippen molar-refractivity contribution in [1.29, 1.82) is 0 Å². The number of sulfonamides is 1. The molecular formula is C29H29F2NO6S. The molecule has 0 aliphatic carbocycles. The number of hydrogen-bond donors (Lipinski definition) is 0. The van der Waals surface area contributed by atoms with Gasteiger partial charge >= 0.3 is 12.6 Å². The highest BCUT2D eigenvalue weighted by Crippen LogP contribution is 2.39. The average molecular weight is 558 g/mol. The van der Waals surface area contributed by atoms with Crippen molar-refractivity contribution in [1.82, 2.24) is 0 Å². The number of benzene rings is 3. The number of anilines is 1. The first-order chi connectivity index (χ1) is 18.6. The minimum absolute atomic E-state index is 0.0404. The summed E-state index contributed by atoms with van der Waals surface area (Å²) in [4.78, 5) is 11.5. The Kier molecular flexibility index (Phi) is 8.54. The Balaban J connectivity index is 1.73. The molecule has 0 amide bonds. The second-order valence-electron chi connectivity index (χ2n) is 9.11. The van der Waals surface area contributed by atoms with Crippen molar-refractivity contribution >= 4 is 33.8 Å². The highest BCUT2D eigenvalue weighted by atomic mass is 32.2. The topological polar surface area (TPSA) is 82.1 Å². The summed E-state index contributed by atoms with van der Waals surface area (Å²) in [6.07, 6.45) is 3.49. The van der Waals surface area contributed by atoms with Crippen LogP contribution in [0.5, 0.6) is 11.5 Å². The smallest absolute Gasteiger partial charge is 0.387 e. The first-order valence-corrected chi connectivity index (χ1v) is 13.7. The molecule has 1 aliphatic rings. The minimum Gasteiger partial charge on any atom is -0.486 e. The van der Waals surface area contributed by atoms with Crippen LogP contribution in [-0.4, -0.2) is 40.8 Å². The lowest BCUT2D eigenvalue weighted by molar-refractivity contribution is -0.141. The number of alkyl halides is 2. The number of carbonyl (C=O) groups excluding carboxylic acids is 1. The van der Waals surface area contributed by atoms with Gasteiger partial charge in [0.25, 0.3) is 10.0 Å². The van der Waals surface area contributed by atoms with E-state index < -0.39 is 28.7 Å². The van der Waals surface area contributed by atoms with E-state index in [0.717, 1.165) is 28.3 Å². The first-order valence-electron chi connectivity index (χ1n) is 12.3. The van der Waals surface area contributed by atoms with E-state index in [1.54, 1.807) is 12.1 Å². The van der Waals surface area contributed by atoms with Crippen molar-refractivity contribution in [3.63, 3.8) is 0 Å². The fraction of sp³-hybridized carbons (Fsp3) is 0.276. The van der Waals surface area contributed by atoms with Crippen LogP contribution < -0.4 is 13.8 Å². The summed E-state index contributed by atoms with van der Waals surface area (Å²) in [6.45, 7) is 0.849. The summed E-state index contributed by atoms with van der Waals surface area (Å²) in [6, 6.07) is 16.2. The molecule has 0 saturated carbocycles. The van der Waals surface area contributed by atoms with E-state index in [1.165, 1.54) is 29.6 Å². The van der Waals surface area contributed by atoms with E-state index in [-0.39, 0.29) is 30.0 Å². The van der Waals surface area contributed by atoms with E-state index in [2.05, 4.69) is 4.74 Å². The van der Waals surface area contributed by atoms with Crippen LogP contribution in [0.3, 0.4) is 0 Å². The third-order valence-corrected chi connectivity index (χ3v) is 8.19. The molecule has 3 aromatic rings. The fourth-order valence-electron chi connectivity index (χ4n) is 4.40. The van der Waals surface area contributed by atoms with Gasteiger partial charge < -0.3 is 14.2 Å². The number of methoxy groups -OCH3 is 1. The Morgan fingerprint density at radius 2 is 1.79 bits per heavy atom. The van der Waals surface area contributed by atoms with Crippen LogP contribution >= 0.6 is 0 Å². The number of aryl methyl sites for hydroxylation is 2. The summed E-state index contributed by atoms with van der Waals surface area (Å²) in [7, 11) is -2.94. The largest absolute Gasteiger partial charge is 0.486 e. The molecule has 39 heavy (non-hydrogen) atoms.